The maximum Gasteiger partial charge on any atom is 0.342 e. The average Bonchev–Trinajstić information content (AvgIpc) is 3.28. The molecule has 1 aromatic heterocycles. The molecule has 0 bridgehead atoms. The van der Waals surface area contributed by atoms with E-state index >= 15 is 0 Å². The fourth-order valence-electron chi connectivity index (χ4n) is 3.91. The number of rotatable bonds is 9. The summed E-state index contributed by atoms with van der Waals surface area (Å²) in [5.41, 5.74) is -0.956. The number of methoxy groups -OCH3 is 1. The van der Waals surface area contributed by atoms with Gasteiger partial charge in [0.15, 0.2) is 17.2 Å². The summed E-state index contributed by atoms with van der Waals surface area (Å²) in [6, 6.07) is 11.1. The zero-order valence-electron chi connectivity index (χ0n) is 20.0. The normalized spacial score (nSPS) is 15.4. The predicted molar refractivity (Wildman–Crippen MR) is 130 cm³/mol. The molecule has 196 valence electrons. The van der Waals surface area contributed by atoms with Crippen molar-refractivity contribution in [3.8, 4) is 17.2 Å². The van der Waals surface area contributed by atoms with Crippen LogP contribution in [0.5, 0.6) is 11.5 Å². The van der Waals surface area contributed by atoms with E-state index in [1.165, 1.54) is 36.2 Å². The summed E-state index contributed by atoms with van der Waals surface area (Å²) in [5.74, 6) is -3.90. The highest BCUT2D eigenvalue weighted by Gasteiger charge is 2.56. The summed E-state index contributed by atoms with van der Waals surface area (Å²) in [6.07, 6.45) is 0.0339. The number of nitrogens with one attached hydrogen (secondary N) is 1. The molecule has 9 nitrogen and oxygen atoms in total. The fraction of sp³-hybridized carbons (Fsp3) is 0.320. The number of esters is 1. The van der Waals surface area contributed by atoms with Crippen LogP contribution in [0.1, 0.15) is 40.6 Å². The van der Waals surface area contributed by atoms with E-state index in [2.05, 4.69) is 10.4 Å². The van der Waals surface area contributed by atoms with E-state index in [-0.39, 0.29) is 36.0 Å². The van der Waals surface area contributed by atoms with Crippen LogP contribution in [0.3, 0.4) is 0 Å². The van der Waals surface area contributed by atoms with Gasteiger partial charge in [0.25, 0.3) is 11.8 Å². The molecule has 1 fully saturated rings. The lowest BCUT2D eigenvalue weighted by Crippen LogP contribution is -2.55. The Morgan fingerprint density at radius 1 is 1.16 bits per heavy atom. The highest BCUT2D eigenvalue weighted by molar-refractivity contribution is 6.30. The van der Waals surface area contributed by atoms with Crippen molar-refractivity contribution in [2.45, 2.75) is 31.3 Å². The Labute approximate surface area is 215 Å². The third kappa shape index (κ3) is 6.00. The second-order valence-corrected chi connectivity index (χ2v) is 9.01. The van der Waals surface area contributed by atoms with Crippen molar-refractivity contribution in [1.29, 1.82) is 0 Å². The van der Waals surface area contributed by atoms with Crippen molar-refractivity contribution in [1.82, 2.24) is 9.78 Å². The second-order valence-electron chi connectivity index (χ2n) is 8.58. The molecule has 0 unspecified atom stereocenters. The quantitative estimate of drug-likeness (QED) is 0.388. The van der Waals surface area contributed by atoms with E-state index in [1.807, 2.05) is 0 Å². The lowest BCUT2D eigenvalue weighted by atomic mass is 9.77. The first-order chi connectivity index (χ1) is 17.5. The number of nitrogens with zero attached hydrogens (tertiary/aromatic N) is 2. The van der Waals surface area contributed by atoms with Crippen LogP contribution < -0.4 is 14.8 Å². The van der Waals surface area contributed by atoms with E-state index in [9.17, 15) is 23.5 Å². The Bertz CT molecular complexity index is 1300. The Morgan fingerprint density at radius 3 is 2.49 bits per heavy atom. The molecule has 0 saturated heterocycles. The first kappa shape index (κ1) is 26.4. The Balaban J connectivity index is 1.53. The van der Waals surface area contributed by atoms with Gasteiger partial charge in [0.1, 0.15) is 17.8 Å². The number of amides is 1. The topological polar surface area (TPSA) is 112 Å². The number of benzene rings is 2. The third-order valence-electron chi connectivity index (χ3n) is 5.61. The van der Waals surface area contributed by atoms with Gasteiger partial charge in [0, 0.05) is 35.8 Å². The van der Waals surface area contributed by atoms with Crippen LogP contribution in [-0.4, -0.2) is 58.6 Å². The molecule has 2 N–H and O–H groups in total. The lowest BCUT2D eigenvalue weighted by Gasteiger charge is -2.42. The number of carbonyl (C=O) groups is 2. The minimum absolute atomic E-state index is 0.0354. The standard InChI is InChI=1S/C25H24ClF2N3O6/c1-3-36-23(33)18-11-31(17-7-4-15(26)5-8-17)30-21(18)22(32)29-16-6-9-19(20(10-16)35-2)37-14-24(34)12-25(27,28)13-24/h4-11,34H,3,12-14H2,1-2H3,(H,29,32). The number of anilines is 1. The van der Waals surface area contributed by atoms with Gasteiger partial charge in [-0.25, -0.2) is 18.3 Å². The summed E-state index contributed by atoms with van der Waals surface area (Å²) >= 11 is 5.94. The summed E-state index contributed by atoms with van der Waals surface area (Å²) < 4.78 is 43.5. The van der Waals surface area contributed by atoms with Gasteiger partial charge in [-0.15, -0.1) is 0 Å². The van der Waals surface area contributed by atoms with Crippen molar-refractivity contribution in [3.63, 3.8) is 0 Å². The molecule has 1 aliphatic carbocycles. The first-order valence-corrected chi connectivity index (χ1v) is 11.7. The first-order valence-electron chi connectivity index (χ1n) is 11.3. The molecule has 0 spiro atoms. The van der Waals surface area contributed by atoms with Gasteiger partial charge < -0.3 is 24.6 Å². The molecule has 12 heteroatoms. The smallest absolute Gasteiger partial charge is 0.342 e. The number of halogens is 3. The van der Waals surface area contributed by atoms with Crippen LogP contribution in [-0.2, 0) is 4.74 Å². The summed E-state index contributed by atoms with van der Waals surface area (Å²) in [6.45, 7) is 1.42. The maximum atomic E-state index is 13.1. The van der Waals surface area contributed by atoms with Crippen molar-refractivity contribution in [2.24, 2.45) is 0 Å². The van der Waals surface area contributed by atoms with E-state index in [0.717, 1.165) is 0 Å². The van der Waals surface area contributed by atoms with E-state index in [1.54, 1.807) is 31.2 Å². The molecule has 1 heterocycles. The van der Waals surface area contributed by atoms with Crippen LogP contribution in [0.2, 0.25) is 5.02 Å². The minimum atomic E-state index is -2.90. The van der Waals surface area contributed by atoms with Crippen molar-refractivity contribution in [2.75, 3.05) is 25.6 Å². The van der Waals surface area contributed by atoms with Crippen molar-refractivity contribution >= 4 is 29.2 Å². The fourth-order valence-corrected chi connectivity index (χ4v) is 4.03. The van der Waals surface area contributed by atoms with Crippen LogP contribution in [0.15, 0.2) is 48.7 Å². The van der Waals surface area contributed by atoms with Crippen LogP contribution in [0.25, 0.3) is 5.69 Å². The molecule has 2 aromatic carbocycles. The van der Waals surface area contributed by atoms with Crippen LogP contribution in [0, 0.1) is 0 Å². The average molecular weight is 536 g/mol. The molecule has 3 aromatic rings. The summed E-state index contributed by atoms with van der Waals surface area (Å²) in [4.78, 5) is 25.6. The summed E-state index contributed by atoms with van der Waals surface area (Å²) in [7, 11) is 1.37. The number of hydrogen-bond donors (Lipinski definition) is 2. The number of aliphatic hydroxyl groups is 1. The largest absolute Gasteiger partial charge is 0.493 e. The van der Waals surface area contributed by atoms with Crippen molar-refractivity contribution in [3.05, 3.63) is 64.9 Å². The van der Waals surface area contributed by atoms with Gasteiger partial charge in [0.2, 0.25) is 0 Å². The molecular weight excluding hydrogens is 512 g/mol. The van der Waals surface area contributed by atoms with Crippen LogP contribution in [0.4, 0.5) is 14.5 Å². The van der Waals surface area contributed by atoms with E-state index in [0.29, 0.717) is 16.4 Å². The number of alkyl halides is 2. The van der Waals surface area contributed by atoms with E-state index < -0.39 is 36.2 Å². The van der Waals surface area contributed by atoms with E-state index in [4.69, 9.17) is 25.8 Å². The second kappa shape index (κ2) is 10.3. The molecule has 37 heavy (non-hydrogen) atoms. The number of ether oxygens (including phenoxy) is 3. The zero-order chi connectivity index (χ0) is 26.8. The molecule has 0 radical (unpaired) electrons. The maximum absolute atomic E-state index is 13.1. The predicted octanol–water partition coefficient (Wildman–Crippen LogP) is 4.50. The van der Waals surface area contributed by atoms with Gasteiger partial charge in [-0.05, 0) is 43.3 Å². The third-order valence-corrected chi connectivity index (χ3v) is 5.86. The summed E-state index contributed by atoms with van der Waals surface area (Å²) in [5, 5.41) is 17.6. The molecular formula is C25H24ClF2N3O6. The highest BCUT2D eigenvalue weighted by atomic mass is 35.5. The number of hydrogen-bond acceptors (Lipinski definition) is 7. The SMILES string of the molecule is CCOC(=O)c1cn(-c2ccc(Cl)cc2)nc1C(=O)Nc1ccc(OCC2(O)CC(F)(F)C2)c(OC)c1. The molecule has 0 atom stereocenters. The molecule has 4 rings (SSSR count). The monoisotopic (exact) mass is 535 g/mol. The zero-order valence-corrected chi connectivity index (χ0v) is 20.7. The molecule has 1 saturated carbocycles. The Hall–Kier alpha value is -3.70. The Morgan fingerprint density at radius 2 is 1.86 bits per heavy atom. The minimum Gasteiger partial charge on any atom is -0.493 e. The van der Waals surface area contributed by atoms with Gasteiger partial charge in [-0.1, -0.05) is 11.6 Å². The molecule has 1 aliphatic rings. The van der Waals surface area contributed by atoms with Gasteiger partial charge in [-0.2, -0.15) is 5.10 Å². The number of aromatic nitrogens is 2. The Kier molecular flexibility index (Phi) is 7.37. The lowest BCUT2D eigenvalue weighted by molar-refractivity contribution is -0.215. The van der Waals surface area contributed by atoms with Gasteiger partial charge in [-0.3, -0.25) is 4.79 Å². The van der Waals surface area contributed by atoms with Gasteiger partial charge in [0.05, 0.1) is 19.4 Å². The molecule has 0 aliphatic heterocycles. The highest BCUT2D eigenvalue weighted by Crippen LogP contribution is 2.46. The number of carbonyl (C=O) groups excluding carboxylic acids is 2. The van der Waals surface area contributed by atoms with Crippen molar-refractivity contribution < 1.29 is 37.7 Å². The van der Waals surface area contributed by atoms with Gasteiger partial charge >= 0.3 is 5.97 Å². The van der Waals surface area contributed by atoms with Crippen LogP contribution >= 0.6 is 11.6 Å². The molecule has 1 amide bonds.